The first-order chi connectivity index (χ1) is 34.7. The fourth-order valence-electron chi connectivity index (χ4n) is 8.10. The van der Waals surface area contributed by atoms with E-state index in [1.54, 1.807) is 0 Å². The van der Waals surface area contributed by atoms with Crippen molar-refractivity contribution in [1.29, 1.82) is 0 Å². The highest BCUT2D eigenvalue weighted by Crippen LogP contribution is 2.18. The molecule has 1 rings (SSSR count). The van der Waals surface area contributed by atoms with Crippen molar-refractivity contribution in [3.8, 4) is 0 Å². The van der Waals surface area contributed by atoms with Crippen molar-refractivity contribution in [3.05, 3.63) is 29.8 Å². The smallest absolute Gasteiger partial charge is 0.326 e. The number of aliphatic carboxylic acids is 2. The van der Waals surface area contributed by atoms with Crippen LogP contribution < -0.4 is 21.7 Å². The topological polar surface area (TPSA) is 258 Å². The summed E-state index contributed by atoms with van der Waals surface area (Å²) in [5, 5.41) is 25.8. The molecule has 0 aliphatic heterocycles. The molecule has 1 aromatic rings. The van der Waals surface area contributed by atoms with Crippen LogP contribution in [0.5, 0.6) is 0 Å². The lowest BCUT2D eigenvalue weighted by atomic mass is 10.0. The van der Waals surface area contributed by atoms with Gasteiger partial charge in [-0.3, -0.25) is 33.6 Å². The van der Waals surface area contributed by atoms with Crippen LogP contribution in [-0.2, 0) is 43.0 Å². The highest BCUT2D eigenvalue weighted by Gasteiger charge is 2.28. The molecule has 0 heterocycles. The molecule has 0 saturated carbocycles. The molecule has 16 nitrogen and oxygen atoms in total. The third kappa shape index (κ3) is 37.1. The third-order valence-electron chi connectivity index (χ3n) is 12.5. The summed E-state index contributed by atoms with van der Waals surface area (Å²) in [5.41, 5.74) is 5.73. The summed E-state index contributed by atoms with van der Waals surface area (Å²) in [6.07, 6.45) is 30.0. The maximum Gasteiger partial charge on any atom is 0.326 e. The lowest BCUT2D eigenvalue weighted by molar-refractivity contribution is -0.157. The zero-order valence-corrected chi connectivity index (χ0v) is 44.8. The van der Waals surface area contributed by atoms with Gasteiger partial charge in [-0.25, -0.2) is 4.79 Å². The van der Waals surface area contributed by atoms with Crippen molar-refractivity contribution < 1.29 is 58.0 Å². The number of thioether (sulfide) groups is 1. The highest BCUT2D eigenvalue weighted by molar-refractivity contribution is 7.99. The molecular weight excluding hydrogens is 941 g/mol. The molecule has 0 spiro atoms. The molecule has 0 bridgehead atoms. The first-order valence-electron chi connectivity index (χ1n) is 27.4. The van der Waals surface area contributed by atoms with Crippen LogP contribution in [0.15, 0.2) is 24.3 Å². The molecule has 3 atom stereocenters. The Hall–Kier alpha value is -4.67. The zero-order chi connectivity index (χ0) is 53.0. The number of nitrogens with one attached hydrogen (secondary N) is 3. The fourth-order valence-corrected chi connectivity index (χ4v) is 9.02. The molecule has 1 unspecified atom stereocenters. The molecule has 0 fully saturated rings. The Morgan fingerprint density at radius 2 is 1.01 bits per heavy atom. The Morgan fingerprint density at radius 3 is 1.47 bits per heavy atom. The molecule has 0 aliphatic carbocycles. The van der Waals surface area contributed by atoms with Crippen LogP contribution in [0.4, 0.5) is 5.69 Å². The Bertz CT molecular complexity index is 1680. The van der Waals surface area contributed by atoms with E-state index in [1.807, 2.05) is 0 Å². The summed E-state index contributed by atoms with van der Waals surface area (Å²) < 4.78 is 11.4. The molecule has 1 aromatic carbocycles. The Kier molecular flexibility index (Phi) is 39.8. The lowest BCUT2D eigenvalue weighted by Crippen LogP contribution is -2.52. The number of primary amides is 1. The second-order valence-electron chi connectivity index (χ2n) is 19.1. The molecule has 72 heavy (non-hydrogen) atoms. The molecular formula is C55H92N4O12S. The number of amides is 4. The average molecular weight is 1030 g/mol. The van der Waals surface area contributed by atoms with Crippen LogP contribution in [0, 0.1) is 0 Å². The second-order valence-corrected chi connectivity index (χ2v) is 20.2. The van der Waals surface area contributed by atoms with E-state index in [0.717, 1.165) is 44.9 Å². The van der Waals surface area contributed by atoms with Gasteiger partial charge in [0.25, 0.3) is 5.91 Å². The van der Waals surface area contributed by atoms with Crippen LogP contribution in [0.3, 0.4) is 0 Å². The maximum atomic E-state index is 13.1. The van der Waals surface area contributed by atoms with Crippen molar-refractivity contribution >= 4 is 65.0 Å². The normalized spacial score (nSPS) is 12.3. The number of esters is 2. The number of carboxylic acid groups (broad SMARTS) is 2. The SMILES string of the molecule is CCCCCCCCCCCCCCCC(=O)OCC(CSCCC(=O)Nc1ccc(C(=O)N[C@@H](CCC(N)=O)C(=O)N[C@@H](CCC(=O)O)C(=O)O)cc1)OC(=O)CCCCCCCCCCCCCCC. The Balaban J connectivity index is 2.64. The van der Waals surface area contributed by atoms with Gasteiger partial charge >= 0.3 is 23.9 Å². The van der Waals surface area contributed by atoms with Crippen LogP contribution in [0.25, 0.3) is 0 Å². The summed E-state index contributed by atoms with van der Waals surface area (Å²) >= 11 is 1.41. The maximum absolute atomic E-state index is 13.1. The lowest BCUT2D eigenvalue weighted by Gasteiger charge is -2.21. The van der Waals surface area contributed by atoms with Gasteiger partial charge < -0.3 is 41.4 Å². The van der Waals surface area contributed by atoms with Crippen LogP contribution in [-0.4, -0.2) is 94.0 Å². The number of anilines is 1. The Morgan fingerprint density at radius 1 is 0.556 bits per heavy atom. The highest BCUT2D eigenvalue weighted by atomic mass is 32.2. The molecule has 0 aliphatic rings. The molecule has 0 radical (unpaired) electrons. The number of carbonyl (C=O) groups excluding carboxylic acids is 6. The van der Waals surface area contributed by atoms with Crippen molar-refractivity contribution in [2.45, 2.75) is 244 Å². The zero-order valence-electron chi connectivity index (χ0n) is 44.0. The van der Waals surface area contributed by atoms with Crippen molar-refractivity contribution in [2.75, 3.05) is 23.4 Å². The fraction of sp³-hybridized carbons (Fsp3) is 0.745. The third-order valence-corrected chi connectivity index (χ3v) is 13.6. The number of unbranched alkanes of at least 4 members (excludes halogenated alkanes) is 24. The summed E-state index contributed by atoms with van der Waals surface area (Å²) in [4.78, 5) is 98.6. The predicted octanol–water partition coefficient (Wildman–Crippen LogP) is 11.0. The van der Waals surface area contributed by atoms with E-state index >= 15 is 0 Å². The van der Waals surface area contributed by atoms with Gasteiger partial charge in [0.1, 0.15) is 24.8 Å². The standard InChI is InChI=1S/C55H92N4O12S/c1-3-5-7-9-11-13-15-17-19-21-23-25-27-29-51(64)70-41-45(71-52(65)30-28-26-24-22-20-18-16-14-12-10-8-6-4-2)42-72-40-39-49(61)57-44-33-31-43(32-34-44)53(66)58-46(35-37-48(56)60)54(67)59-47(55(68)69)36-38-50(62)63/h31-34,45-47H,3-30,35-42H2,1-2H3,(H2,56,60)(H,57,61)(H,58,66)(H,59,67)(H,62,63)(H,68,69)/t45?,46-,47-/m0/s1. The van der Waals surface area contributed by atoms with Crippen molar-refractivity contribution in [2.24, 2.45) is 5.73 Å². The number of rotatable bonds is 48. The van der Waals surface area contributed by atoms with Crippen LogP contribution in [0.2, 0.25) is 0 Å². The van der Waals surface area contributed by atoms with Crippen LogP contribution in [0.1, 0.15) is 236 Å². The number of hydrogen-bond acceptors (Lipinski definition) is 11. The first kappa shape index (κ1) is 65.3. The minimum Gasteiger partial charge on any atom is -0.481 e. The van der Waals surface area contributed by atoms with Crippen molar-refractivity contribution in [1.82, 2.24) is 10.6 Å². The second kappa shape index (κ2) is 43.9. The van der Waals surface area contributed by atoms with Crippen LogP contribution >= 0.6 is 11.8 Å². The average Bonchev–Trinajstić information content (AvgIpc) is 3.34. The quantitative estimate of drug-likeness (QED) is 0.0263. The van der Waals surface area contributed by atoms with E-state index in [9.17, 15) is 43.5 Å². The number of ether oxygens (including phenoxy) is 2. The number of carboxylic acids is 2. The van der Waals surface area contributed by atoms with Gasteiger partial charge in [-0.1, -0.05) is 168 Å². The van der Waals surface area contributed by atoms with E-state index in [0.29, 0.717) is 30.0 Å². The first-order valence-corrected chi connectivity index (χ1v) is 28.6. The predicted molar refractivity (Wildman–Crippen MR) is 285 cm³/mol. The summed E-state index contributed by atoms with van der Waals surface area (Å²) in [6.45, 7) is 4.43. The van der Waals surface area contributed by atoms with E-state index in [-0.39, 0.29) is 49.3 Å². The van der Waals surface area contributed by atoms with Gasteiger partial charge in [0.2, 0.25) is 17.7 Å². The molecule has 0 aromatic heterocycles. The summed E-state index contributed by atoms with van der Waals surface area (Å²) in [5.74, 6) is -5.34. The molecule has 410 valence electrons. The number of benzene rings is 1. The molecule has 17 heteroatoms. The summed E-state index contributed by atoms with van der Waals surface area (Å²) in [7, 11) is 0. The van der Waals surface area contributed by atoms with Gasteiger partial charge in [0, 0.05) is 54.9 Å². The van der Waals surface area contributed by atoms with Gasteiger partial charge in [-0.2, -0.15) is 11.8 Å². The number of hydrogen-bond donors (Lipinski definition) is 6. The minimum atomic E-state index is -1.54. The molecule has 0 saturated heterocycles. The minimum absolute atomic E-state index is 0.0487. The Labute approximate surface area is 435 Å². The van der Waals surface area contributed by atoms with Gasteiger partial charge in [0.05, 0.1) is 0 Å². The van der Waals surface area contributed by atoms with E-state index in [2.05, 4.69) is 29.8 Å². The monoisotopic (exact) mass is 1030 g/mol. The number of carbonyl (C=O) groups is 8. The van der Waals surface area contributed by atoms with Crippen molar-refractivity contribution in [3.63, 3.8) is 0 Å². The molecule has 7 N–H and O–H groups in total. The van der Waals surface area contributed by atoms with E-state index in [1.165, 1.54) is 158 Å². The van der Waals surface area contributed by atoms with E-state index < -0.39 is 60.7 Å². The van der Waals surface area contributed by atoms with Gasteiger partial charge in [-0.05, 0) is 49.9 Å². The van der Waals surface area contributed by atoms with Gasteiger partial charge in [-0.15, -0.1) is 0 Å². The molecule has 4 amide bonds. The van der Waals surface area contributed by atoms with E-state index in [4.69, 9.17) is 20.3 Å². The number of nitrogens with two attached hydrogens (primary N) is 1. The summed E-state index contributed by atoms with van der Waals surface area (Å²) in [6, 6.07) is 2.90. The largest absolute Gasteiger partial charge is 0.481 e. The van der Waals surface area contributed by atoms with Gasteiger partial charge in [0.15, 0.2) is 0 Å².